The summed E-state index contributed by atoms with van der Waals surface area (Å²) in [6.45, 7) is 31.4. The molecule has 5 rings (SSSR count). The maximum Gasteiger partial charge on any atom is 0.413 e. The highest BCUT2D eigenvalue weighted by Gasteiger charge is 2.41. The molecule has 0 aromatic heterocycles. The number of ether oxygens (including phenoxy) is 1. The summed E-state index contributed by atoms with van der Waals surface area (Å²) in [4.78, 5) is 132. The molecule has 1 aliphatic heterocycles. The van der Waals surface area contributed by atoms with Crippen molar-refractivity contribution in [3.63, 3.8) is 0 Å². The third-order valence-electron chi connectivity index (χ3n) is 12.9. The Hall–Kier alpha value is -8.51. The minimum atomic E-state index is -1.02. The van der Waals surface area contributed by atoms with Crippen molar-refractivity contribution in [2.45, 2.75) is 172 Å². The second kappa shape index (κ2) is 66.4. The van der Waals surface area contributed by atoms with Crippen LogP contribution in [0, 0.1) is 17.0 Å². The van der Waals surface area contributed by atoms with E-state index < -0.39 is 76.5 Å². The highest BCUT2D eigenvalue weighted by atomic mass is 35.5. The van der Waals surface area contributed by atoms with Crippen molar-refractivity contribution in [1.82, 2.24) is 74.8 Å². The number of benzene rings is 4. The summed E-state index contributed by atoms with van der Waals surface area (Å²) in [6, 6.07) is 25.9. The maximum atomic E-state index is 11.9. The van der Waals surface area contributed by atoms with Gasteiger partial charge in [-0.05, 0) is 139 Å². The zero-order valence-corrected chi connectivity index (χ0v) is 66.8. The van der Waals surface area contributed by atoms with Crippen molar-refractivity contribution in [2.24, 2.45) is 0 Å². The largest absolute Gasteiger partial charge is 0.413 e. The van der Waals surface area contributed by atoms with Gasteiger partial charge >= 0.3 is 12.1 Å². The number of imide groups is 1. The number of hydrogen-bond acceptors (Lipinski definition) is 22. The Bertz CT molecular complexity index is 2960. The number of aryl methyl sites for hydroxylation is 1. The predicted molar refractivity (Wildman–Crippen MR) is 407 cm³/mol. The van der Waals surface area contributed by atoms with Crippen LogP contribution < -0.4 is 74.7 Å². The molecule has 4 aromatic rings. The van der Waals surface area contributed by atoms with Gasteiger partial charge in [-0.15, -0.1) is 11.6 Å². The lowest BCUT2D eigenvalue weighted by molar-refractivity contribution is -0.384. The van der Waals surface area contributed by atoms with Crippen LogP contribution in [0.15, 0.2) is 103 Å². The van der Waals surface area contributed by atoms with E-state index in [-0.39, 0.29) is 41.2 Å². The number of alkyl halides is 1. The number of likely N-dealkylation sites (N-methyl/N-ethyl adjacent to an activating group) is 2. The summed E-state index contributed by atoms with van der Waals surface area (Å²) < 4.78 is 4.91. The first-order valence-corrected chi connectivity index (χ1v) is 34.8. The van der Waals surface area contributed by atoms with Crippen LogP contribution in [0.3, 0.4) is 0 Å². The van der Waals surface area contributed by atoms with E-state index in [1.54, 1.807) is 41.9 Å². The number of halogens is 2. The number of nitrogens with one attached hydrogen (secondary N) is 13. The Kier molecular flexibility index (Phi) is 68.0. The molecule has 10 amide bonds. The van der Waals surface area contributed by atoms with E-state index in [1.807, 2.05) is 98.1 Å². The fraction of sp³-hybridized carbons (Fsp3) is 0.529. The molecule has 8 unspecified atom stereocenters. The Morgan fingerprint density at radius 3 is 1.34 bits per heavy atom. The molecule has 1 fully saturated rings. The highest BCUT2D eigenvalue weighted by molar-refractivity contribution is 6.31. The molecule has 0 spiro atoms. The summed E-state index contributed by atoms with van der Waals surface area (Å²) in [6.07, 6.45) is 3.01. The van der Waals surface area contributed by atoms with Crippen molar-refractivity contribution < 1.29 is 77.4 Å². The summed E-state index contributed by atoms with van der Waals surface area (Å²) >= 11 is 11.2. The predicted octanol–water partition coefficient (Wildman–Crippen LogP) is 7.38. The number of nitrogens with zero attached hydrogens (tertiary/aromatic N) is 2. The molecule has 0 radical (unpaired) electrons. The number of carbonyl (C=O) groups is 9. The van der Waals surface area contributed by atoms with E-state index in [4.69, 9.17) is 26.4 Å². The van der Waals surface area contributed by atoms with Crippen molar-refractivity contribution in [3.05, 3.63) is 141 Å². The lowest BCUT2D eigenvalue weighted by atomic mass is 9.80. The van der Waals surface area contributed by atoms with E-state index in [0.29, 0.717) is 5.02 Å². The number of rotatable bonds is 26. The standard InChI is InChI=1S/C21H20ClNO.C14H18N4O7.C8H17N3O3.C7H11N3O4.C5H12N2O2.2C4H11N.3C2H6.CH3Cl/c1-16-12-14-18(15-13-16)21(24-23-2,17-8-4-3-5-9-17)19-10-6-7-11-20(19)22;1-8(12(19)15-9(2)13(20)17-24-3)16-14(21)25-11-6-4-10(5-7-11)18(22)23;1-5(9-3)7(12)10-6(2)8(13)11-14-4;1-3-6(12)10(7(13)8-3)4(2)5(11)9-14;1-4(6-2)5(8)7-9-3;2*1-3-4-5-2;4*1-2/h3-15,23H,1-2H3;4-9H,1-3H3,(H,15,19)(H,16,21)(H,17,20);5-6,9H,1-4H3,(H,10,12)(H,11,13);3-4,14H,1-2H3,(H,8,13)(H,9,11);4,6H,1-3H3,(H,7,8);2*5H,3-4H2,1-2H3;3*1-2H3;1H3. The molecule has 0 saturated carbocycles. The monoisotopic (exact) mass is 1510 g/mol. The first-order chi connectivity index (χ1) is 49.5. The summed E-state index contributed by atoms with van der Waals surface area (Å²) in [5.41, 5.74) is 13.8. The van der Waals surface area contributed by atoms with Crippen molar-refractivity contribution in [2.75, 3.05) is 76.0 Å². The van der Waals surface area contributed by atoms with Crippen molar-refractivity contribution in [3.8, 4) is 5.75 Å². The molecule has 1 heterocycles. The van der Waals surface area contributed by atoms with Crippen molar-refractivity contribution in [1.29, 1.82) is 0 Å². The maximum absolute atomic E-state index is 11.9. The van der Waals surface area contributed by atoms with E-state index in [9.17, 15) is 53.3 Å². The fourth-order valence-corrected chi connectivity index (χ4v) is 7.63. The molecular weight excluding hydrogens is 1390 g/mol. The van der Waals surface area contributed by atoms with E-state index >= 15 is 0 Å². The molecule has 34 heteroatoms. The zero-order valence-electron chi connectivity index (χ0n) is 65.3. The number of nitro benzene ring substituents is 1. The van der Waals surface area contributed by atoms with Crippen molar-refractivity contribution >= 4 is 82.4 Å². The third kappa shape index (κ3) is 43.6. The van der Waals surface area contributed by atoms with E-state index in [0.717, 1.165) is 34.7 Å². The van der Waals surface area contributed by atoms with Gasteiger partial charge in [-0.1, -0.05) is 145 Å². The van der Waals surface area contributed by atoms with E-state index in [1.165, 1.54) is 104 Å². The van der Waals surface area contributed by atoms with Crippen LogP contribution in [0.1, 0.15) is 139 Å². The second-order valence-corrected chi connectivity index (χ2v) is 20.8. The van der Waals surface area contributed by atoms with Gasteiger partial charge in [0.2, 0.25) is 11.8 Å². The molecule has 0 aliphatic carbocycles. The van der Waals surface area contributed by atoms with Crippen LogP contribution in [0.4, 0.5) is 15.3 Å². The molecular formula is C70H121Cl2N15O17. The lowest BCUT2D eigenvalue weighted by Gasteiger charge is -2.35. The highest BCUT2D eigenvalue weighted by Crippen LogP contribution is 2.42. The molecule has 1 saturated heterocycles. The SMILES string of the molecule is CC.CC.CC.CC1NC(=O)N(C(C)C(=O)NO)C1=O.CCCNC.CCCNC.CCl.CNC(C)C(=O)NC(C)C(=O)NOC.CNC(C)C(=O)NOC.CNOC(c1ccccc1)(c1ccc(C)cc1)c1ccccc1Cl.CONC(=O)C(C)NC(=O)C(C)NC(=O)Oc1ccc([N+](=O)[O-])cc1. The number of nitro groups is 1. The molecule has 0 bridgehead atoms. The van der Waals surface area contributed by atoms with Gasteiger partial charge in [-0.3, -0.25) is 73.1 Å². The average Bonchev–Trinajstić information content (AvgIpc) is 0.831. The van der Waals surface area contributed by atoms with Crippen LogP contribution in [0.25, 0.3) is 0 Å². The van der Waals surface area contributed by atoms with Crippen LogP contribution in [0.2, 0.25) is 5.02 Å². The van der Waals surface area contributed by atoms with Gasteiger partial charge in [0.1, 0.15) is 36.0 Å². The number of hydrogen-bond donors (Lipinski definition) is 14. The zero-order chi connectivity index (χ0) is 81.5. The van der Waals surface area contributed by atoms with Crippen LogP contribution in [-0.2, 0) is 58.5 Å². The van der Waals surface area contributed by atoms with Gasteiger partial charge in [-0.2, -0.15) is 0 Å². The minimum Gasteiger partial charge on any atom is -0.410 e. The number of amides is 10. The first-order valence-electron chi connectivity index (χ1n) is 33.6. The summed E-state index contributed by atoms with van der Waals surface area (Å²) in [7, 11) is 13.1. The molecule has 4 aromatic carbocycles. The molecule has 32 nitrogen and oxygen atoms in total. The molecule has 104 heavy (non-hydrogen) atoms. The molecule has 592 valence electrons. The van der Waals surface area contributed by atoms with Gasteiger partial charge in [-0.25, -0.2) is 37.0 Å². The Labute approximate surface area is 625 Å². The smallest absolute Gasteiger partial charge is 0.410 e. The van der Waals surface area contributed by atoms with Gasteiger partial charge in [0.25, 0.3) is 35.2 Å². The van der Waals surface area contributed by atoms with Gasteiger partial charge in [0.05, 0.1) is 38.3 Å². The number of non-ortho nitro benzene ring substituents is 1. The quantitative estimate of drug-likeness (QED) is 0.00728. The molecule has 8 atom stereocenters. The van der Waals surface area contributed by atoms with Crippen LogP contribution in [0.5, 0.6) is 5.75 Å². The molecule has 1 aliphatic rings. The fourth-order valence-electron chi connectivity index (χ4n) is 7.37. The minimum absolute atomic E-state index is 0.0727. The third-order valence-corrected chi connectivity index (χ3v) is 13.3. The average molecular weight is 1520 g/mol. The number of urea groups is 1. The van der Waals surface area contributed by atoms with Gasteiger partial charge < -0.3 is 47.3 Å². The molecule has 14 N–H and O–H groups in total. The Balaban J connectivity index is -0.000000281. The second-order valence-electron chi connectivity index (χ2n) is 20.4. The first kappa shape index (κ1) is 106. The van der Waals surface area contributed by atoms with Crippen LogP contribution in [-0.4, -0.2) is 187 Å². The van der Waals surface area contributed by atoms with Crippen LogP contribution >= 0.6 is 23.2 Å². The Morgan fingerprint density at radius 1 is 0.587 bits per heavy atom. The summed E-state index contributed by atoms with van der Waals surface area (Å²) in [5, 5.41) is 40.6. The normalized spacial score (nSPS) is 13.3. The number of carbonyl (C=O) groups excluding carboxylic acids is 9. The summed E-state index contributed by atoms with van der Waals surface area (Å²) in [5.74, 6) is -3.16. The van der Waals surface area contributed by atoms with E-state index in [2.05, 4.69) is 148 Å². The Morgan fingerprint density at radius 2 is 0.981 bits per heavy atom. The lowest BCUT2D eigenvalue weighted by Crippen LogP contribution is -2.51. The van der Waals surface area contributed by atoms with Gasteiger partial charge in [0.15, 0.2) is 5.60 Å². The van der Waals surface area contributed by atoms with Gasteiger partial charge in [0, 0.05) is 36.1 Å². The topological polar surface area (TPSA) is 423 Å². The number of hydroxylamine groups is 5.